The summed E-state index contributed by atoms with van der Waals surface area (Å²) in [5, 5.41) is 8.63. The number of fused-ring (bicyclic) bond motifs is 4. The van der Waals surface area contributed by atoms with Gasteiger partial charge in [0.05, 0.1) is 12.7 Å². The van der Waals surface area contributed by atoms with E-state index >= 15 is 0 Å². The molecular formula is C33H28N2O. The number of rotatable bonds is 3. The average Bonchev–Trinajstić information content (AvgIpc) is 3.25. The highest BCUT2D eigenvalue weighted by atomic mass is 16.2. The number of hydrogen-bond acceptors (Lipinski definition) is 2. The van der Waals surface area contributed by atoms with Gasteiger partial charge in [0.15, 0.2) is 0 Å². The molecule has 1 amide bonds. The smallest absolute Gasteiger partial charge is 0.237 e. The fraction of sp³-hybridized carbons (Fsp3) is 0.182. The highest BCUT2D eigenvalue weighted by Crippen LogP contribution is 2.52. The van der Waals surface area contributed by atoms with Gasteiger partial charge in [-0.1, -0.05) is 103 Å². The fourth-order valence-corrected chi connectivity index (χ4v) is 6.70. The van der Waals surface area contributed by atoms with E-state index in [-0.39, 0.29) is 29.8 Å². The van der Waals surface area contributed by atoms with Crippen molar-refractivity contribution in [1.82, 2.24) is 10.2 Å². The van der Waals surface area contributed by atoms with E-state index < -0.39 is 0 Å². The third kappa shape index (κ3) is 3.20. The molecular weight excluding hydrogens is 440 g/mol. The third-order valence-electron chi connectivity index (χ3n) is 8.31. The molecule has 2 aliphatic carbocycles. The van der Waals surface area contributed by atoms with Gasteiger partial charge in [0, 0.05) is 24.8 Å². The van der Waals surface area contributed by atoms with Crippen LogP contribution in [0.25, 0.3) is 27.6 Å². The molecule has 1 saturated heterocycles. The molecule has 0 saturated carbocycles. The van der Waals surface area contributed by atoms with E-state index in [4.69, 9.17) is 0 Å². The van der Waals surface area contributed by atoms with E-state index in [1.807, 2.05) is 11.9 Å². The zero-order valence-corrected chi connectivity index (χ0v) is 20.3. The lowest BCUT2D eigenvalue weighted by Crippen LogP contribution is -2.44. The Bertz CT molecular complexity index is 1560. The number of likely N-dealkylation sites (N-methyl/N-ethyl adjacent to an activating group) is 1. The minimum Gasteiger partial charge on any atom is -0.328 e. The van der Waals surface area contributed by atoms with E-state index in [1.54, 1.807) is 0 Å². The first-order valence-electron chi connectivity index (χ1n) is 12.8. The molecule has 3 unspecified atom stereocenters. The van der Waals surface area contributed by atoms with Crippen LogP contribution in [-0.4, -0.2) is 30.6 Å². The van der Waals surface area contributed by atoms with Crippen LogP contribution >= 0.6 is 0 Å². The van der Waals surface area contributed by atoms with Crippen molar-refractivity contribution in [2.24, 2.45) is 5.92 Å². The van der Waals surface area contributed by atoms with Crippen LogP contribution in [0, 0.1) is 5.92 Å². The molecule has 0 bridgehead atoms. The van der Waals surface area contributed by atoms with Gasteiger partial charge in [-0.25, -0.2) is 0 Å². The van der Waals surface area contributed by atoms with Crippen molar-refractivity contribution in [3.63, 3.8) is 0 Å². The van der Waals surface area contributed by atoms with Crippen molar-refractivity contribution in [2.75, 3.05) is 13.6 Å². The van der Waals surface area contributed by atoms with Gasteiger partial charge in [-0.3, -0.25) is 10.1 Å². The lowest BCUT2D eigenvalue weighted by Gasteiger charge is -2.43. The highest BCUT2D eigenvalue weighted by Gasteiger charge is 2.45. The van der Waals surface area contributed by atoms with Gasteiger partial charge < -0.3 is 4.90 Å². The summed E-state index contributed by atoms with van der Waals surface area (Å²) < 4.78 is 0. The van der Waals surface area contributed by atoms with Crippen molar-refractivity contribution >= 4 is 33.5 Å². The Kier molecular flexibility index (Phi) is 4.93. The van der Waals surface area contributed by atoms with Gasteiger partial charge in [-0.2, -0.15) is 0 Å². The summed E-state index contributed by atoms with van der Waals surface area (Å²) in [6, 6.07) is 28.5. The molecule has 0 aromatic heterocycles. The molecule has 1 heterocycles. The number of hydrogen-bond donors (Lipinski definition) is 1. The molecule has 1 fully saturated rings. The second-order valence-electron chi connectivity index (χ2n) is 10.2. The first-order chi connectivity index (χ1) is 17.7. The van der Waals surface area contributed by atoms with Crippen LogP contribution in [0.3, 0.4) is 0 Å². The highest BCUT2D eigenvalue weighted by molar-refractivity contribution is 6.03. The van der Waals surface area contributed by atoms with E-state index in [1.165, 1.54) is 43.8 Å². The molecule has 0 radical (unpaired) electrons. The zero-order valence-electron chi connectivity index (χ0n) is 20.3. The van der Waals surface area contributed by atoms with Crippen molar-refractivity contribution < 1.29 is 4.79 Å². The zero-order chi connectivity index (χ0) is 24.2. The first kappa shape index (κ1) is 21.3. The summed E-state index contributed by atoms with van der Waals surface area (Å²) in [5.74, 6) is 0.595. The monoisotopic (exact) mass is 468 g/mol. The largest absolute Gasteiger partial charge is 0.328 e. The molecule has 4 atom stereocenters. The van der Waals surface area contributed by atoms with Crippen LogP contribution in [-0.2, 0) is 4.79 Å². The molecule has 1 aliphatic heterocycles. The van der Waals surface area contributed by atoms with Gasteiger partial charge in [-0.15, -0.1) is 0 Å². The molecule has 3 heteroatoms. The Hall–Kier alpha value is -3.95. The van der Waals surface area contributed by atoms with Crippen LogP contribution < -0.4 is 5.32 Å². The Balaban J connectivity index is 1.57. The summed E-state index contributed by atoms with van der Waals surface area (Å²) in [4.78, 5) is 14.8. The second-order valence-corrected chi connectivity index (χ2v) is 10.2. The third-order valence-corrected chi connectivity index (χ3v) is 8.31. The van der Waals surface area contributed by atoms with Crippen molar-refractivity contribution in [2.45, 2.75) is 18.0 Å². The normalized spacial score (nSPS) is 23.6. The minimum atomic E-state index is -0.108. The topological polar surface area (TPSA) is 32.3 Å². The SMILES string of the molecule is CN1C(=O)CN[C@H]1C(c1c2ccccc2cc2ccccc12)C1c2ccccc2C=C2C=CC=CC21. The summed E-state index contributed by atoms with van der Waals surface area (Å²) in [6.45, 7) is 0.373. The molecule has 4 aromatic rings. The maximum absolute atomic E-state index is 12.9. The van der Waals surface area contributed by atoms with Crippen molar-refractivity contribution in [3.05, 3.63) is 125 Å². The Labute approximate surface area is 211 Å². The molecule has 176 valence electrons. The van der Waals surface area contributed by atoms with Crippen LogP contribution in [0.4, 0.5) is 0 Å². The van der Waals surface area contributed by atoms with Crippen LogP contribution in [0.15, 0.2) is 109 Å². The Morgan fingerprint density at radius 1 is 0.889 bits per heavy atom. The van der Waals surface area contributed by atoms with Crippen molar-refractivity contribution in [3.8, 4) is 0 Å². The molecule has 0 spiro atoms. The molecule has 36 heavy (non-hydrogen) atoms. The standard InChI is InChI=1S/C33H28N2O/c1-35-29(36)20-34-33(35)32(30-25-14-6-2-10-21(25)18-22-11-3-7-15-26(22)30)31-27-16-8-4-12-23(27)19-24-13-5-9-17-28(24)31/h2-19,25,30,32-34H,20H2,1H3/t25?,30?,32?,33-/m1/s1. The first-order valence-corrected chi connectivity index (χ1v) is 12.8. The van der Waals surface area contributed by atoms with Crippen LogP contribution in [0.5, 0.6) is 0 Å². The van der Waals surface area contributed by atoms with E-state index in [9.17, 15) is 4.79 Å². The summed E-state index contributed by atoms with van der Waals surface area (Å²) in [5.41, 5.74) is 5.28. The quantitative estimate of drug-likeness (QED) is 0.354. The number of carbonyl (C=O) groups excluding carboxylic acids is 1. The molecule has 3 nitrogen and oxygen atoms in total. The Morgan fingerprint density at radius 2 is 1.58 bits per heavy atom. The van der Waals surface area contributed by atoms with E-state index in [0.29, 0.717) is 6.54 Å². The minimum absolute atomic E-state index is 0.0449. The number of nitrogens with zero attached hydrogens (tertiary/aromatic N) is 1. The molecule has 7 rings (SSSR count). The number of allylic oxidation sites excluding steroid dienone is 5. The lowest BCUT2D eigenvalue weighted by atomic mass is 9.64. The summed E-state index contributed by atoms with van der Waals surface area (Å²) in [6.07, 6.45) is 11.2. The van der Waals surface area contributed by atoms with Gasteiger partial charge in [0.1, 0.15) is 0 Å². The van der Waals surface area contributed by atoms with Gasteiger partial charge in [0.2, 0.25) is 5.91 Å². The fourth-order valence-electron chi connectivity index (χ4n) is 6.70. The predicted octanol–water partition coefficient (Wildman–Crippen LogP) is 6.39. The van der Waals surface area contributed by atoms with E-state index in [0.717, 1.165) is 0 Å². The molecule has 4 aromatic carbocycles. The predicted molar refractivity (Wildman–Crippen MR) is 148 cm³/mol. The maximum atomic E-state index is 12.9. The number of amides is 1. The van der Waals surface area contributed by atoms with Crippen LogP contribution in [0.1, 0.15) is 28.5 Å². The average molecular weight is 469 g/mol. The van der Waals surface area contributed by atoms with Gasteiger partial charge in [0.25, 0.3) is 0 Å². The molecule has 3 aliphatic rings. The maximum Gasteiger partial charge on any atom is 0.237 e. The number of nitrogens with one attached hydrogen (secondary N) is 1. The van der Waals surface area contributed by atoms with Crippen LogP contribution in [0.2, 0.25) is 0 Å². The second kappa shape index (κ2) is 8.32. The summed E-state index contributed by atoms with van der Waals surface area (Å²) >= 11 is 0. The lowest BCUT2D eigenvalue weighted by molar-refractivity contribution is -0.126. The summed E-state index contributed by atoms with van der Waals surface area (Å²) in [7, 11) is 1.95. The Morgan fingerprint density at radius 3 is 2.31 bits per heavy atom. The number of carbonyl (C=O) groups is 1. The number of benzene rings is 4. The van der Waals surface area contributed by atoms with Gasteiger partial charge >= 0.3 is 0 Å². The van der Waals surface area contributed by atoms with E-state index in [2.05, 4.69) is 115 Å². The molecule has 1 N–H and O–H groups in total. The van der Waals surface area contributed by atoms with Crippen molar-refractivity contribution in [1.29, 1.82) is 0 Å². The van der Waals surface area contributed by atoms with Gasteiger partial charge in [-0.05, 0) is 49.9 Å².